The van der Waals surface area contributed by atoms with Crippen LogP contribution in [0.5, 0.6) is 0 Å². The molecule has 0 aromatic heterocycles. The van der Waals surface area contributed by atoms with E-state index >= 15 is 0 Å². The molecule has 0 saturated carbocycles. The van der Waals surface area contributed by atoms with E-state index in [1.165, 1.54) is 23.8 Å². The largest absolute Gasteiger partial charge is 0.478 e. The summed E-state index contributed by atoms with van der Waals surface area (Å²) < 4.78 is 12.3. The fourth-order valence-corrected chi connectivity index (χ4v) is 0.622. The number of carboxylic acid groups (broad SMARTS) is 1. The minimum atomic E-state index is -1.11. The van der Waals surface area contributed by atoms with E-state index < -0.39 is 11.8 Å². The van der Waals surface area contributed by atoms with Gasteiger partial charge in [0.05, 0.1) is 5.56 Å². The Balaban J connectivity index is 0.000000364. The molecule has 0 aliphatic rings. The van der Waals surface area contributed by atoms with Crippen LogP contribution in [0.15, 0.2) is 36.4 Å². The summed E-state index contributed by atoms with van der Waals surface area (Å²) in [6.07, 6.45) is 0. The molecule has 1 N–H and O–H groups in total. The molecule has 0 bridgehead atoms. The Morgan fingerprint density at radius 3 is 2.21 bits per heavy atom. The van der Waals surface area contributed by atoms with Crippen molar-refractivity contribution in [1.29, 1.82) is 0 Å². The molecule has 0 spiro atoms. The number of carboxylic acids is 1. The number of benzene rings is 1. The monoisotopic (exact) mass is 196 g/mol. The van der Waals surface area contributed by atoms with E-state index in [9.17, 15) is 9.18 Å². The quantitative estimate of drug-likeness (QED) is 0.701. The molecule has 1 rings (SSSR count). The average Bonchev–Trinajstić information content (AvgIpc) is 2.03. The Morgan fingerprint density at radius 2 is 1.93 bits per heavy atom. The highest BCUT2D eigenvalue weighted by Crippen LogP contribution is 2.02. The van der Waals surface area contributed by atoms with Gasteiger partial charge in [-0.2, -0.15) is 0 Å². The van der Waals surface area contributed by atoms with E-state index in [0.29, 0.717) is 0 Å². The van der Waals surface area contributed by atoms with Crippen LogP contribution in [0.3, 0.4) is 0 Å². The molecule has 76 valence electrons. The van der Waals surface area contributed by atoms with Crippen LogP contribution in [-0.2, 0) is 0 Å². The topological polar surface area (TPSA) is 37.3 Å². The van der Waals surface area contributed by atoms with Crippen molar-refractivity contribution in [3.05, 3.63) is 47.8 Å². The predicted octanol–water partition coefficient (Wildman–Crippen LogP) is 3.11. The van der Waals surface area contributed by atoms with Gasteiger partial charge in [0.1, 0.15) is 5.82 Å². The van der Waals surface area contributed by atoms with Crippen molar-refractivity contribution < 1.29 is 14.3 Å². The van der Waals surface area contributed by atoms with Crippen molar-refractivity contribution in [2.75, 3.05) is 0 Å². The van der Waals surface area contributed by atoms with Crippen LogP contribution in [0.25, 0.3) is 0 Å². The molecule has 0 saturated heterocycles. The number of hydrogen-bond acceptors (Lipinski definition) is 1. The highest BCUT2D eigenvalue weighted by atomic mass is 19.1. The first-order chi connectivity index (χ1) is 6.43. The van der Waals surface area contributed by atoms with Crippen molar-refractivity contribution in [3.63, 3.8) is 0 Å². The standard InChI is InChI=1S/C7H5FO2.C4H8/c8-6-3-1-2-5(4-6)7(9)10;1-4(2)3/h1-4H,(H,9,10);1H2,2-3H3. The maximum Gasteiger partial charge on any atom is 0.335 e. The van der Waals surface area contributed by atoms with E-state index in [1.54, 1.807) is 0 Å². The maximum absolute atomic E-state index is 12.3. The molecule has 14 heavy (non-hydrogen) atoms. The smallest absolute Gasteiger partial charge is 0.335 e. The molecule has 0 aliphatic heterocycles. The Labute approximate surface area is 82.7 Å². The van der Waals surface area contributed by atoms with Crippen LogP contribution in [0.1, 0.15) is 24.2 Å². The number of carbonyl (C=O) groups is 1. The van der Waals surface area contributed by atoms with Crippen LogP contribution in [0.2, 0.25) is 0 Å². The fourth-order valence-electron chi connectivity index (χ4n) is 0.622. The van der Waals surface area contributed by atoms with Gasteiger partial charge in [0, 0.05) is 0 Å². The molecule has 0 aliphatic carbocycles. The third-order valence-electron chi connectivity index (χ3n) is 1.07. The highest BCUT2D eigenvalue weighted by Gasteiger charge is 2.01. The van der Waals surface area contributed by atoms with Crippen LogP contribution in [0.4, 0.5) is 4.39 Å². The zero-order valence-corrected chi connectivity index (χ0v) is 8.25. The van der Waals surface area contributed by atoms with Gasteiger partial charge in [-0.3, -0.25) is 0 Å². The highest BCUT2D eigenvalue weighted by molar-refractivity contribution is 5.87. The maximum atomic E-state index is 12.3. The van der Waals surface area contributed by atoms with Gasteiger partial charge in [-0.1, -0.05) is 11.6 Å². The summed E-state index contributed by atoms with van der Waals surface area (Å²) >= 11 is 0. The fraction of sp³-hybridized carbons (Fsp3) is 0.182. The van der Waals surface area contributed by atoms with Gasteiger partial charge in [-0.25, -0.2) is 9.18 Å². The number of hydrogen-bond donors (Lipinski definition) is 1. The SMILES string of the molecule is C=C(C)C.O=C(O)c1cccc(F)c1. The molecule has 2 nitrogen and oxygen atoms in total. The van der Waals surface area contributed by atoms with Gasteiger partial charge in [-0.15, -0.1) is 6.58 Å². The molecule has 0 unspecified atom stereocenters. The van der Waals surface area contributed by atoms with E-state index in [0.717, 1.165) is 6.07 Å². The summed E-state index contributed by atoms with van der Waals surface area (Å²) in [5, 5.41) is 8.34. The van der Waals surface area contributed by atoms with E-state index in [2.05, 4.69) is 6.58 Å². The van der Waals surface area contributed by atoms with Gasteiger partial charge >= 0.3 is 5.97 Å². The first-order valence-corrected chi connectivity index (χ1v) is 4.04. The van der Waals surface area contributed by atoms with Gasteiger partial charge in [0.2, 0.25) is 0 Å². The molecule has 0 radical (unpaired) electrons. The molecular weight excluding hydrogens is 183 g/mol. The zero-order valence-electron chi connectivity index (χ0n) is 8.25. The van der Waals surface area contributed by atoms with E-state index in [-0.39, 0.29) is 5.56 Å². The summed E-state index contributed by atoms with van der Waals surface area (Å²) in [6.45, 7) is 7.50. The minimum absolute atomic E-state index is 0.0278. The first-order valence-electron chi connectivity index (χ1n) is 4.04. The molecule has 0 fully saturated rings. The van der Waals surface area contributed by atoms with Gasteiger partial charge < -0.3 is 5.11 Å². The van der Waals surface area contributed by atoms with Crippen molar-refractivity contribution in [3.8, 4) is 0 Å². The third kappa shape index (κ3) is 5.94. The van der Waals surface area contributed by atoms with Crippen LogP contribution in [0, 0.1) is 5.82 Å². The third-order valence-corrected chi connectivity index (χ3v) is 1.07. The van der Waals surface area contributed by atoms with Gasteiger partial charge in [0.15, 0.2) is 0 Å². The summed E-state index contributed by atoms with van der Waals surface area (Å²) in [5.74, 6) is -1.64. The number of rotatable bonds is 1. The molecule has 3 heteroatoms. The molecular formula is C11H13FO2. The number of aromatic carboxylic acids is 1. The van der Waals surface area contributed by atoms with E-state index in [1.807, 2.05) is 13.8 Å². The lowest BCUT2D eigenvalue weighted by Gasteiger charge is -1.91. The number of allylic oxidation sites excluding steroid dienone is 1. The second kappa shape index (κ2) is 5.91. The number of halogens is 1. The summed E-state index contributed by atoms with van der Waals surface area (Å²) in [5.41, 5.74) is 1.14. The summed E-state index contributed by atoms with van der Waals surface area (Å²) in [7, 11) is 0. The van der Waals surface area contributed by atoms with Gasteiger partial charge in [-0.05, 0) is 32.0 Å². The first kappa shape index (κ1) is 12.4. The van der Waals surface area contributed by atoms with E-state index in [4.69, 9.17) is 5.11 Å². The minimum Gasteiger partial charge on any atom is -0.478 e. The molecule has 1 aromatic carbocycles. The summed E-state index contributed by atoms with van der Waals surface area (Å²) in [4.78, 5) is 10.2. The second-order valence-electron chi connectivity index (χ2n) is 3.02. The lowest BCUT2D eigenvalue weighted by Crippen LogP contribution is -1.95. The predicted molar refractivity (Wildman–Crippen MR) is 53.8 cm³/mol. The Bertz CT molecular complexity index is 328. The normalized spacial score (nSPS) is 8.50. The van der Waals surface area contributed by atoms with Crippen molar-refractivity contribution >= 4 is 5.97 Å². The van der Waals surface area contributed by atoms with Gasteiger partial charge in [0.25, 0.3) is 0 Å². The van der Waals surface area contributed by atoms with Crippen LogP contribution < -0.4 is 0 Å². The molecule has 0 atom stereocenters. The lowest BCUT2D eigenvalue weighted by molar-refractivity contribution is 0.0696. The average molecular weight is 196 g/mol. The van der Waals surface area contributed by atoms with Crippen molar-refractivity contribution in [1.82, 2.24) is 0 Å². The zero-order chi connectivity index (χ0) is 11.1. The second-order valence-corrected chi connectivity index (χ2v) is 3.02. The Kier molecular flexibility index (Phi) is 5.22. The Morgan fingerprint density at radius 1 is 1.43 bits per heavy atom. The Hall–Kier alpha value is -1.64. The molecule has 0 amide bonds. The van der Waals surface area contributed by atoms with Crippen molar-refractivity contribution in [2.45, 2.75) is 13.8 Å². The lowest BCUT2D eigenvalue weighted by atomic mass is 10.2. The molecule has 1 aromatic rings. The van der Waals surface area contributed by atoms with Crippen LogP contribution in [-0.4, -0.2) is 11.1 Å². The van der Waals surface area contributed by atoms with Crippen LogP contribution >= 0.6 is 0 Å². The molecule has 0 heterocycles. The van der Waals surface area contributed by atoms with Crippen molar-refractivity contribution in [2.24, 2.45) is 0 Å². The summed E-state index contributed by atoms with van der Waals surface area (Å²) in [6, 6.07) is 4.87.